The third-order valence-corrected chi connectivity index (χ3v) is 4.99. The summed E-state index contributed by atoms with van der Waals surface area (Å²) in [6, 6.07) is 13.1. The summed E-state index contributed by atoms with van der Waals surface area (Å²) in [6.45, 7) is 0. The molecule has 28 heavy (non-hydrogen) atoms. The lowest BCUT2D eigenvalue weighted by atomic mass is 10.2. The van der Waals surface area contributed by atoms with Gasteiger partial charge in [0.1, 0.15) is 11.5 Å². The number of methoxy groups -OCH3 is 1. The molecule has 0 unspecified atom stereocenters. The number of rotatable bonds is 6. The molecule has 1 heterocycles. The number of amides is 1. The van der Waals surface area contributed by atoms with Gasteiger partial charge in [0.15, 0.2) is 5.17 Å². The number of ether oxygens (including phenoxy) is 1. The molecule has 1 aliphatic heterocycles. The molecule has 2 aromatic carbocycles. The summed E-state index contributed by atoms with van der Waals surface area (Å²) in [5, 5.41) is 27.9. The molecular weight excluding hydrogens is 382 g/mol. The van der Waals surface area contributed by atoms with E-state index < -0.39 is 23.5 Å². The molecule has 0 bridgehead atoms. The van der Waals surface area contributed by atoms with Crippen molar-refractivity contribution in [2.24, 2.45) is 10.2 Å². The number of carbonyl (C=O) groups excluding carboxylic acids is 2. The first-order valence-corrected chi connectivity index (χ1v) is 9.10. The minimum absolute atomic E-state index is 0.0466. The molecule has 9 heteroatoms. The number of phenols is 1. The minimum Gasteiger partial charge on any atom is -0.550 e. The van der Waals surface area contributed by atoms with Gasteiger partial charge in [0, 0.05) is 12.4 Å². The highest BCUT2D eigenvalue weighted by atomic mass is 32.2. The van der Waals surface area contributed by atoms with Crippen LogP contribution in [0.4, 0.5) is 5.69 Å². The molecule has 1 amide bonds. The average Bonchev–Trinajstić information content (AvgIpc) is 2.98. The van der Waals surface area contributed by atoms with Crippen molar-refractivity contribution in [1.82, 2.24) is 0 Å². The predicted octanol–water partition coefficient (Wildman–Crippen LogP) is 1.38. The van der Waals surface area contributed by atoms with Crippen molar-refractivity contribution in [2.45, 2.75) is 11.7 Å². The number of nitrogens with zero attached hydrogens (tertiary/aromatic N) is 3. The van der Waals surface area contributed by atoms with Crippen molar-refractivity contribution in [3.05, 3.63) is 54.1 Å². The third-order valence-electron chi connectivity index (χ3n) is 3.86. The molecular formula is C19H16N3O5S-. The Balaban J connectivity index is 1.86. The first kappa shape index (κ1) is 19.4. The first-order valence-electron chi connectivity index (χ1n) is 8.22. The van der Waals surface area contributed by atoms with Gasteiger partial charge in [-0.2, -0.15) is 5.10 Å². The van der Waals surface area contributed by atoms with Gasteiger partial charge in [-0.3, -0.25) is 9.69 Å². The Morgan fingerprint density at radius 2 is 1.93 bits per heavy atom. The van der Waals surface area contributed by atoms with Gasteiger partial charge in [-0.25, -0.2) is 0 Å². The zero-order valence-electron chi connectivity index (χ0n) is 14.8. The van der Waals surface area contributed by atoms with Crippen molar-refractivity contribution in [2.75, 3.05) is 12.0 Å². The highest BCUT2D eigenvalue weighted by Gasteiger charge is 2.39. The number of carboxylic acid groups (broad SMARTS) is 1. The van der Waals surface area contributed by atoms with E-state index in [1.807, 2.05) is 0 Å². The highest BCUT2D eigenvalue weighted by molar-refractivity contribution is 8.16. The lowest BCUT2D eigenvalue weighted by Gasteiger charge is -2.16. The number of hydrogen-bond donors (Lipinski definition) is 1. The van der Waals surface area contributed by atoms with Crippen LogP contribution in [-0.2, 0) is 9.59 Å². The van der Waals surface area contributed by atoms with Crippen LogP contribution in [0.15, 0.2) is 58.7 Å². The van der Waals surface area contributed by atoms with Crippen LogP contribution in [0, 0.1) is 0 Å². The monoisotopic (exact) mass is 398 g/mol. The number of benzene rings is 2. The summed E-state index contributed by atoms with van der Waals surface area (Å²) in [7, 11) is 1.57. The van der Waals surface area contributed by atoms with Crippen LogP contribution in [0.1, 0.15) is 12.0 Å². The maximum absolute atomic E-state index is 12.6. The molecule has 2 aromatic rings. The number of carboxylic acids is 1. The molecule has 1 saturated heterocycles. The maximum Gasteiger partial charge on any atom is 0.247 e. The summed E-state index contributed by atoms with van der Waals surface area (Å²) in [4.78, 5) is 24.9. The Morgan fingerprint density at radius 1 is 1.25 bits per heavy atom. The number of aromatic hydroxyl groups is 1. The fourth-order valence-corrected chi connectivity index (χ4v) is 3.57. The van der Waals surface area contributed by atoms with E-state index in [0.29, 0.717) is 11.4 Å². The Bertz CT molecular complexity index is 926. The number of amidine groups is 1. The molecule has 1 N–H and O–H groups in total. The van der Waals surface area contributed by atoms with Crippen molar-refractivity contribution in [3.63, 3.8) is 0 Å². The van der Waals surface area contributed by atoms with Crippen molar-refractivity contribution in [3.8, 4) is 11.5 Å². The van der Waals surface area contributed by atoms with Crippen LogP contribution < -0.4 is 14.7 Å². The molecule has 0 aromatic heterocycles. The van der Waals surface area contributed by atoms with Gasteiger partial charge in [-0.1, -0.05) is 11.8 Å². The maximum atomic E-state index is 12.6. The second kappa shape index (κ2) is 8.57. The molecule has 0 radical (unpaired) electrons. The fraction of sp³-hybridized carbons (Fsp3) is 0.158. The largest absolute Gasteiger partial charge is 0.550 e. The lowest BCUT2D eigenvalue weighted by Crippen LogP contribution is -2.35. The van der Waals surface area contributed by atoms with Gasteiger partial charge in [0.25, 0.3) is 0 Å². The molecule has 0 aliphatic carbocycles. The summed E-state index contributed by atoms with van der Waals surface area (Å²) in [5.41, 5.74) is 1.23. The minimum atomic E-state index is -1.32. The molecule has 1 atom stereocenters. The Hall–Kier alpha value is -3.33. The highest BCUT2D eigenvalue weighted by Crippen LogP contribution is 2.34. The molecule has 3 rings (SSSR count). The number of carbonyl (C=O) groups is 2. The Morgan fingerprint density at radius 3 is 2.54 bits per heavy atom. The Labute approximate surface area is 165 Å². The molecule has 144 valence electrons. The number of anilines is 1. The van der Waals surface area contributed by atoms with Gasteiger partial charge in [-0.15, -0.1) is 5.10 Å². The van der Waals surface area contributed by atoms with Crippen LogP contribution in [0.5, 0.6) is 11.5 Å². The molecule has 1 aliphatic rings. The second-order valence-electron chi connectivity index (χ2n) is 5.77. The second-order valence-corrected chi connectivity index (χ2v) is 6.94. The van der Waals surface area contributed by atoms with E-state index in [1.54, 1.807) is 31.4 Å². The average molecular weight is 398 g/mol. The number of thioether (sulfide) groups is 1. The van der Waals surface area contributed by atoms with Crippen molar-refractivity contribution in [1.29, 1.82) is 0 Å². The normalized spacial score (nSPS) is 18.2. The summed E-state index contributed by atoms with van der Waals surface area (Å²) < 4.78 is 5.09. The number of hydrogen-bond acceptors (Lipinski definition) is 8. The van der Waals surface area contributed by atoms with E-state index in [9.17, 15) is 19.8 Å². The lowest BCUT2D eigenvalue weighted by molar-refractivity contribution is -0.305. The number of phenolic OH excluding ortho intramolecular Hbond substituents is 1. The fourth-order valence-electron chi connectivity index (χ4n) is 2.49. The van der Waals surface area contributed by atoms with Crippen LogP contribution in [-0.4, -0.2) is 40.7 Å². The quantitative estimate of drug-likeness (QED) is 0.581. The van der Waals surface area contributed by atoms with E-state index in [1.165, 1.54) is 35.4 Å². The SMILES string of the molecule is COc1ccc(/C=N\N=C2\S[C@H](CC(=O)[O-])C(=O)N2c2ccc(O)cc2)cc1. The zero-order chi connectivity index (χ0) is 20.1. The smallest absolute Gasteiger partial charge is 0.247 e. The van der Waals surface area contributed by atoms with E-state index >= 15 is 0 Å². The predicted molar refractivity (Wildman–Crippen MR) is 105 cm³/mol. The standard InChI is InChI=1S/C19H17N3O5S/c1-27-15-8-2-12(3-9-15)11-20-21-19-22(13-4-6-14(23)7-5-13)18(26)16(28-19)10-17(24)25/h2-9,11,16,23H,10H2,1H3,(H,24,25)/p-1/b20-11-,21-19+/t16-/m1/s1. The van der Waals surface area contributed by atoms with E-state index in [-0.39, 0.29) is 10.9 Å². The summed E-state index contributed by atoms with van der Waals surface area (Å²) >= 11 is 1.00. The van der Waals surface area contributed by atoms with E-state index in [0.717, 1.165) is 17.3 Å². The van der Waals surface area contributed by atoms with Crippen LogP contribution in [0.2, 0.25) is 0 Å². The van der Waals surface area contributed by atoms with E-state index in [4.69, 9.17) is 4.74 Å². The van der Waals surface area contributed by atoms with Crippen LogP contribution in [0.25, 0.3) is 0 Å². The summed E-state index contributed by atoms with van der Waals surface area (Å²) in [6.07, 6.45) is 1.08. The molecule has 1 fully saturated rings. The van der Waals surface area contributed by atoms with Crippen molar-refractivity contribution < 1.29 is 24.5 Å². The van der Waals surface area contributed by atoms with Crippen LogP contribution in [0.3, 0.4) is 0 Å². The summed E-state index contributed by atoms with van der Waals surface area (Å²) in [5.74, 6) is -0.993. The van der Waals surface area contributed by atoms with Gasteiger partial charge in [0.05, 0.1) is 24.3 Å². The van der Waals surface area contributed by atoms with Crippen molar-refractivity contribution >= 4 is 40.7 Å². The first-order chi connectivity index (χ1) is 13.5. The third kappa shape index (κ3) is 4.49. The number of aliphatic carboxylic acids is 1. The van der Waals surface area contributed by atoms with Gasteiger partial charge in [0.2, 0.25) is 5.91 Å². The van der Waals surface area contributed by atoms with Gasteiger partial charge >= 0.3 is 0 Å². The molecule has 8 nitrogen and oxygen atoms in total. The van der Waals surface area contributed by atoms with Gasteiger partial charge in [-0.05, 0) is 54.1 Å². The molecule has 0 spiro atoms. The van der Waals surface area contributed by atoms with E-state index in [2.05, 4.69) is 10.2 Å². The van der Waals surface area contributed by atoms with Gasteiger partial charge < -0.3 is 19.7 Å². The zero-order valence-corrected chi connectivity index (χ0v) is 15.6. The topological polar surface area (TPSA) is 115 Å². The van der Waals surface area contributed by atoms with Crippen LogP contribution >= 0.6 is 11.8 Å². The molecule has 0 saturated carbocycles. The Kier molecular flexibility index (Phi) is 5.95.